The molecule has 0 aromatic rings. The summed E-state index contributed by atoms with van der Waals surface area (Å²) in [6.07, 6.45) is 15.6. The van der Waals surface area contributed by atoms with E-state index in [0.717, 1.165) is 25.9 Å². The van der Waals surface area contributed by atoms with Crippen LogP contribution in [-0.4, -0.2) is 29.2 Å². The molecule has 0 atom stereocenters. The largest absolute Gasteiger partial charge is 0.465 e. The molecular weight excluding hydrogens is 238 g/mol. The van der Waals surface area contributed by atoms with Crippen molar-refractivity contribution in [2.24, 2.45) is 10.8 Å². The molecule has 1 N–H and O–H groups in total. The van der Waals surface area contributed by atoms with E-state index < -0.39 is 6.09 Å². The number of carbonyl (C=O) groups is 1. The topological polar surface area (TPSA) is 40.5 Å². The number of nitrogens with zero attached hydrogens (tertiary/aromatic N) is 1. The van der Waals surface area contributed by atoms with Crippen LogP contribution in [0.2, 0.25) is 0 Å². The van der Waals surface area contributed by atoms with Crippen LogP contribution in [0, 0.1) is 10.8 Å². The zero-order valence-electron chi connectivity index (χ0n) is 11.7. The number of allylic oxidation sites excluding steroid dienone is 2. The van der Waals surface area contributed by atoms with E-state index in [9.17, 15) is 4.79 Å². The molecule has 3 rings (SSSR count). The molecule has 0 aromatic heterocycles. The summed E-state index contributed by atoms with van der Waals surface area (Å²) < 4.78 is 0. The minimum absolute atomic E-state index is 0.461. The second-order valence-electron chi connectivity index (χ2n) is 6.93. The first-order chi connectivity index (χ1) is 9.13. The molecule has 1 aliphatic heterocycles. The van der Waals surface area contributed by atoms with Crippen molar-refractivity contribution in [2.75, 3.05) is 13.1 Å². The van der Waals surface area contributed by atoms with Gasteiger partial charge in [-0.25, -0.2) is 4.79 Å². The Morgan fingerprint density at radius 1 is 1.00 bits per heavy atom. The van der Waals surface area contributed by atoms with Gasteiger partial charge in [-0.1, -0.05) is 12.2 Å². The number of rotatable bonds is 0. The smallest absolute Gasteiger partial charge is 0.407 e. The molecule has 3 nitrogen and oxygen atoms in total. The summed E-state index contributed by atoms with van der Waals surface area (Å²) in [6, 6.07) is 0. The van der Waals surface area contributed by atoms with Gasteiger partial charge in [-0.3, -0.25) is 0 Å². The molecule has 1 saturated carbocycles. The molecular formula is C16H25NO2. The van der Waals surface area contributed by atoms with Gasteiger partial charge >= 0.3 is 6.09 Å². The van der Waals surface area contributed by atoms with E-state index in [1.165, 1.54) is 44.9 Å². The van der Waals surface area contributed by atoms with E-state index in [2.05, 4.69) is 12.2 Å². The Morgan fingerprint density at radius 3 is 2.21 bits per heavy atom. The number of hydrogen-bond donors (Lipinski definition) is 1. The standard InChI is InChI=1S/C16H25NO2/c18-14(19)17-12-10-16(11-13-17)8-6-15(7-9-16)4-2-1-3-5-15/h2,4H,1,3,5-13H2,(H,18,19). The number of piperidine rings is 1. The minimum atomic E-state index is -0.739. The fraction of sp³-hybridized carbons (Fsp3) is 0.812. The Balaban J connectivity index is 1.59. The van der Waals surface area contributed by atoms with Crippen molar-refractivity contribution in [3.8, 4) is 0 Å². The lowest BCUT2D eigenvalue weighted by Crippen LogP contribution is -2.45. The van der Waals surface area contributed by atoms with Crippen LogP contribution in [0.25, 0.3) is 0 Å². The maximum atomic E-state index is 11.0. The van der Waals surface area contributed by atoms with Gasteiger partial charge in [0.25, 0.3) is 0 Å². The third-order valence-corrected chi connectivity index (χ3v) is 5.92. The number of carboxylic acid groups (broad SMARTS) is 1. The van der Waals surface area contributed by atoms with Gasteiger partial charge in [-0.15, -0.1) is 0 Å². The van der Waals surface area contributed by atoms with Crippen molar-refractivity contribution in [3.05, 3.63) is 12.2 Å². The quantitative estimate of drug-likeness (QED) is 0.670. The van der Waals surface area contributed by atoms with Crippen molar-refractivity contribution in [3.63, 3.8) is 0 Å². The number of likely N-dealkylation sites (tertiary alicyclic amines) is 1. The first kappa shape index (κ1) is 13.0. The monoisotopic (exact) mass is 263 g/mol. The van der Waals surface area contributed by atoms with E-state index in [-0.39, 0.29) is 0 Å². The molecule has 3 heteroatoms. The van der Waals surface area contributed by atoms with Gasteiger partial charge < -0.3 is 10.0 Å². The van der Waals surface area contributed by atoms with Crippen LogP contribution >= 0.6 is 0 Å². The van der Waals surface area contributed by atoms with E-state index in [1.807, 2.05) is 0 Å². The van der Waals surface area contributed by atoms with Gasteiger partial charge in [0, 0.05) is 13.1 Å². The lowest BCUT2D eigenvalue weighted by atomic mass is 9.58. The average molecular weight is 263 g/mol. The van der Waals surface area contributed by atoms with Gasteiger partial charge in [0.1, 0.15) is 0 Å². The summed E-state index contributed by atoms with van der Waals surface area (Å²) in [4.78, 5) is 12.6. The zero-order valence-corrected chi connectivity index (χ0v) is 11.7. The summed E-state index contributed by atoms with van der Waals surface area (Å²) in [5.74, 6) is 0. The van der Waals surface area contributed by atoms with Crippen LogP contribution in [0.5, 0.6) is 0 Å². The molecule has 2 fully saturated rings. The molecule has 0 aromatic carbocycles. The van der Waals surface area contributed by atoms with Crippen LogP contribution < -0.4 is 0 Å². The lowest BCUT2D eigenvalue weighted by Gasteiger charge is -2.49. The maximum Gasteiger partial charge on any atom is 0.407 e. The van der Waals surface area contributed by atoms with Crippen molar-refractivity contribution in [2.45, 2.75) is 57.8 Å². The predicted octanol–water partition coefficient (Wildman–Crippen LogP) is 4.05. The third kappa shape index (κ3) is 2.52. The van der Waals surface area contributed by atoms with Gasteiger partial charge in [-0.05, 0) is 68.6 Å². The summed E-state index contributed by atoms with van der Waals surface area (Å²) in [7, 11) is 0. The van der Waals surface area contributed by atoms with Gasteiger partial charge in [0.05, 0.1) is 0 Å². The van der Waals surface area contributed by atoms with Crippen LogP contribution in [0.15, 0.2) is 12.2 Å². The molecule has 19 heavy (non-hydrogen) atoms. The van der Waals surface area contributed by atoms with Crippen LogP contribution in [0.4, 0.5) is 4.79 Å². The number of amides is 1. The Morgan fingerprint density at radius 2 is 1.68 bits per heavy atom. The van der Waals surface area contributed by atoms with Crippen molar-refractivity contribution in [1.82, 2.24) is 4.90 Å². The first-order valence-electron chi connectivity index (χ1n) is 7.79. The van der Waals surface area contributed by atoms with E-state index >= 15 is 0 Å². The molecule has 0 unspecified atom stereocenters. The van der Waals surface area contributed by atoms with Crippen LogP contribution in [-0.2, 0) is 0 Å². The Hall–Kier alpha value is -0.990. The Labute approximate surface area is 115 Å². The van der Waals surface area contributed by atoms with Gasteiger partial charge in [-0.2, -0.15) is 0 Å². The maximum absolute atomic E-state index is 11.0. The van der Waals surface area contributed by atoms with Crippen molar-refractivity contribution < 1.29 is 9.90 Å². The molecule has 0 bridgehead atoms. The van der Waals surface area contributed by atoms with E-state index in [1.54, 1.807) is 4.90 Å². The predicted molar refractivity (Wildman–Crippen MR) is 75.2 cm³/mol. The summed E-state index contributed by atoms with van der Waals surface area (Å²) in [6.45, 7) is 1.50. The summed E-state index contributed by atoms with van der Waals surface area (Å²) in [5.41, 5.74) is 0.968. The molecule has 1 heterocycles. The lowest BCUT2D eigenvalue weighted by molar-refractivity contribution is 0.0319. The van der Waals surface area contributed by atoms with E-state index in [0.29, 0.717) is 10.8 Å². The van der Waals surface area contributed by atoms with Crippen molar-refractivity contribution in [1.29, 1.82) is 0 Å². The van der Waals surface area contributed by atoms with Gasteiger partial charge in [0.15, 0.2) is 0 Å². The zero-order chi connectivity index (χ0) is 13.3. The number of hydrogen-bond acceptors (Lipinski definition) is 1. The molecule has 2 aliphatic carbocycles. The highest BCUT2D eigenvalue weighted by molar-refractivity contribution is 5.65. The Bertz CT molecular complexity index is 370. The molecule has 1 amide bonds. The van der Waals surface area contributed by atoms with E-state index in [4.69, 9.17) is 5.11 Å². The van der Waals surface area contributed by atoms with Crippen LogP contribution in [0.3, 0.4) is 0 Å². The molecule has 3 aliphatic rings. The van der Waals surface area contributed by atoms with Gasteiger partial charge in [0.2, 0.25) is 0 Å². The van der Waals surface area contributed by atoms with Crippen molar-refractivity contribution >= 4 is 6.09 Å². The highest BCUT2D eigenvalue weighted by Crippen LogP contribution is 2.53. The highest BCUT2D eigenvalue weighted by Gasteiger charge is 2.43. The Kier molecular flexibility index (Phi) is 3.32. The second-order valence-corrected chi connectivity index (χ2v) is 6.93. The fourth-order valence-corrected chi connectivity index (χ4v) is 4.36. The average Bonchev–Trinajstić information content (AvgIpc) is 2.44. The highest BCUT2D eigenvalue weighted by atomic mass is 16.4. The molecule has 106 valence electrons. The third-order valence-electron chi connectivity index (χ3n) is 5.92. The minimum Gasteiger partial charge on any atom is -0.465 e. The normalized spacial score (nSPS) is 28.7. The molecule has 0 radical (unpaired) electrons. The summed E-state index contributed by atoms with van der Waals surface area (Å²) in [5, 5.41) is 9.04. The molecule has 1 saturated heterocycles. The molecule has 2 spiro atoms. The summed E-state index contributed by atoms with van der Waals surface area (Å²) >= 11 is 0. The van der Waals surface area contributed by atoms with Crippen LogP contribution in [0.1, 0.15) is 57.8 Å². The second kappa shape index (κ2) is 4.84. The fourth-order valence-electron chi connectivity index (χ4n) is 4.36. The first-order valence-corrected chi connectivity index (χ1v) is 7.79. The SMILES string of the molecule is O=C(O)N1CCC2(CC1)CCC1(C=CCCC1)CC2.